The van der Waals surface area contributed by atoms with Crippen molar-refractivity contribution in [3.8, 4) is 17.2 Å². The number of nitrogens with one attached hydrogen (secondary N) is 1. The number of fused-ring (bicyclic) bond motifs is 1. The van der Waals surface area contributed by atoms with Crippen LogP contribution in [-0.2, 0) is 4.74 Å². The molecule has 3 aliphatic heterocycles. The molecule has 3 aliphatic rings. The molecule has 1 aromatic carbocycles. The van der Waals surface area contributed by atoms with Crippen LogP contribution >= 0.6 is 0 Å². The molecule has 8 heteroatoms. The van der Waals surface area contributed by atoms with E-state index < -0.39 is 0 Å². The minimum absolute atomic E-state index is 0.276. The third-order valence-corrected chi connectivity index (χ3v) is 5.23. The Balaban J connectivity index is 1.20. The first-order valence-corrected chi connectivity index (χ1v) is 9.63. The number of nitrogens with zero attached hydrogens (tertiary/aromatic N) is 3. The van der Waals surface area contributed by atoms with Crippen LogP contribution in [0.25, 0.3) is 0 Å². The zero-order valence-corrected chi connectivity index (χ0v) is 15.9. The molecule has 148 valence electrons. The predicted octanol–water partition coefficient (Wildman–Crippen LogP) is 0.776. The van der Waals surface area contributed by atoms with E-state index in [0.29, 0.717) is 19.2 Å². The molecule has 8 nitrogen and oxygen atoms in total. The fourth-order valence-corrected chi connectivity index (χ4v) is 3.81. The van der Waals surface area contributed by atoms with E-state index in [4.69, 9.17) is 18.9 Å². The van der Waals surface area contributed by atoms with E-state index in [2.05, 4.69) is 20.1 Å². The molecule has 1 unspecified atom stereocenters. The lowest BCUT2D eigenvalue weighted by Crippen LogP contribution is -2.47. The zero-order chi connectivity index (χ0) is 18.5. The van der Waals surface area contributed by atoms with E-state index in [0.717, 1.165) is 62.6 Å². The number of rotatable bonds is 5. The van der Waals surface area contributed by atoms with Gasteiger partial charge in [0.2, 0.25) is 6.79 Å². The smallest absolute Gasteiger partial charge is 0.231 e. The van der Waals surface area contributed by atoms with E-state index in [1.54, 1.807) is 0 Å². The van der Waals surface area contributed by atoms with Gasteiger partial charge in [0, 0.05) is 45.3 Å². The summed E-state index contributed by atoms with van der Waals surface area (Å²) in [6, 6.07) is 6.23. The number of likely N-dealkylation sites (tertiary alicyclic amines) is 1. The third kappa shape index (κ3) is 4.39. The van der Waals surface area contributed by atoms with Crippen LogP contribution in [-0.4, -0.2) is 88.2 Å². The number of hydrogen-bond donors (Lipinski definition) is 1. The van der Waals surface area contributed by atoms with Crippen molar-refractivity contribution < 1.29 is 18.9 Å². The first-order chi connectivity index (χ1) is 13.3. The van der Waals surface area contributed by atoms with Crippen LogP contribution in [0.4, 0.5) is 0 Å². The van der Waals surface area contributed by atoms with Crippen molar-refractivity contribution in [1.29, 1.82) is 0 Å². The Morgan fingerprint density at radius 2 is 2.07 bits per heavy atom. The Morgan fingerprint density at radius 1 is 1.22 bits per heavy atom. The molecule has 0 bridgehead atoms. The summed E-state index contributed by atoms with van der Waals surface area (Å²) >= 11 is 0. The molecule has 2 saturated heterocycles. The topological polar surface area (TPSA) is 67.8 Å². The van der Waals surface area contributed by atoms with Gasteiger partial charge < -0.3 is 29.2 Å². The summed E-state index contributed by atoms with van der Waals surface area (Å²) in [7, 11) is 1.84. The molecule has 0 aliphatic carbocycles. The molecular weight excluding hydrogens is 348 g/mol. The van der Waals surface area contributed by atoms with Crippen molar-refractivity contribution in [1.82, 2.24) is 15.1 Å². The van der Waals surface area contributed by atoms with Gasteiger partial charge in [-0.1, -0.05) is 0 Å². The first-order valence-electron chi connectivity index (χ1n) is 9.63. The maximum absolute atomic E-state index is 5.81. The van der Waals surface area contributed by atoms with E-state index in [1.165, 1.54) is 6.42 Å². The largest absolute Gasteiger partial charge is 0.492 e. The summed E-state index contributed by atoms with van der Waals surface area (Å²) < 4.78 is 22.0. The van der Waals surface area contributed by atoms with Crippen molar-refractivity contribution >= 4 is 5.96 Å². The lowest BCUT2D eigenvalue weighted by Gasteiger charge is -2.32. The van der Waals surface area contributed by atoms with Gasteiger partial charge in [-0.3, -0.25) is 9.89 Å². The van der Waals surface area contributed by atoms with Gasteiger partial charge in [-0.2, -0.15) is 0 Å². The highest BCUT2D eigenvalue weighted by Gasteiger charge is 2.30. The van der Waals surface area contributed by atoms with Crippen molar-refractivity contribution in [2.45, 2.75) is 12.5 Å². The van der Waals surface area contributed by atoms with Gasteiger partial charge in [-0.15, -0.1) is 0 Å². The number of morpholine rings is 1. The average molecular weight is 376 g/mol. The summed E-state index contributed by atoms with van der Waals surface area (Å²) in [5, 5.41) is 3.41. The van der Waals surface area contributed by atoms with Crippen molar-refractivity contribution in [2.24, 2.45) is 4.99 Å². The zero-order valence-electron chi connectivity index (χ0n) is 15.9. The monoisotopic (exact) mass is 376 g/mol. The maximum Gasteiger partial charge on any atom is 0.231 e. The first kappa shape index (κ1) is 18.2. The molecule has 0 aromatic heterocycles. The molecule has 0 radical (unpaired) electrons. The molecule has 0 saturated carbocycles. The number of benzene rings is 1. The number of ether oxygens (including phenoxy) is 4. The van der Waals surface area contributed by atoms with Gasteiger partial charge in [-0.25, -0.2) is 0 Å². The van der Waals surface area contributed by atoms with Crippen molar-refractivity contribution in [3.63, 3.8) is 0 Å². The standard InChI is InChI=1S/C19H28N4O4/c1-20-19(23-6-4-15(13-23)22-7-10-24-11-8-22)21-5-9-25-16-2-3-17-18(12-16)27-14-26-17/h2-3,12,15H,4-11,13-14H2,1H3,(H,20,21). The van der Waals surface area contributed by atoms with Gasteiger partial charge in [0.05, 0.1) is 19.8 Å². The molecule has 4 rings (SSSR count). The molecule has 3 heterocycles. The molecule has 0 spiro atoms. The van der Waals surface area contributed by atoms with Gasteiger partial charge in [0.15, 0.2) is 17.5 Å². The number of guanidine groups is 1. The second-order valence-corrected chi connectivity index (χ2v) is 6.87. The fraction of sp³-hybridized carbons (Fsp3) is 0.632. The molecule has 1 aromatic rings. The van der Waals surface area contributed by atoms with Crippen LogP contribution in [0.5, 0.6) is 17.2 Å². The maximum atomic E-state index is 5.81. The number of aliphatic imine (C=N–C) groups is 1. The Morgan fingerprint density at radius 3 is 2.93 bits per heavy atom. The van der Waals surface area contributed by atoms with Gasteiger partial charge >= 0.3 is 0 Å². The minimum Gasteiger partial charge on any atom is -0.492 e. The Hall–Kier alpha value is -2.19. The summed E-state index contributed by atoms with van der Waals surface area (Å²) in [4.78, 5) is 9.31. The Labute approximate surface area is 160 Å². The van der Waals surface area contributed by atoms with E-state index in [1.807, 2.05) is 25.2 Å². The van der Waals surface area contributed by atoms with E-state index >= 15 is 0 Å². The minimum atomic E-state index is 0.276. The third-order valence-electron chi connectivity index (χ3n) is 5.23. The molecular formula is C19H28N4O4. The second kappa shape index (κ2) is 8.67. The van der Waals surface area contributed by atoms with Gasteiger partial charge in [0.25, 0.3) is 0 Å². The molecule has 1 atom stereocenters. The van der Waals surface area contributed by atoms with Crippen LogP contribution in [0.3, 0.4) is 0 Å². The highest BCUT2D eigenvalue weighted by molar-refractivity contribution is 5.80. The SMILES string of the molecule is CN=C(NCCOc1ccc2c(c1)OCO2)N1CCC(N2CCOCC2)C1. The number of hydrogen-bond acceptors (Lipinski definition) is 6. The summed E-state index contributed by atoms with van der Waals surface area (Å²) in [6.45, 7) is 7.34. The van der Waals surface area contributed by atoms with Crippen LogP contribution in [0.1, 0.15) is 6.42 Å². The molecule has 0 amide bonds. The normalized spacial score (nSPS) is 22.9. The van der Waals surface area contributed by atoms with E-state index in [9.17, 15) is 0 Å². The summed E-state index contributed by atoms with van der Waals surface area (Å²) in [6.07, 6.45) is 1.17. The lowest BCUT2D eigenvalue weighted by molar-refractivity contribution is 0.0195. The van der Waals surface area contributed by atoms with Crippen LogP contribution in [0.15, 0.2) is 23.2 Å². The van der Waals surface area contributed by atoms with Crippen LogP contribution in [0, 0.1) is 0 Å². The summed E-state index contributed by atoms with van der Waals surface area (Å²) in [5.41, 5.74) is 0. The Bertz CT molecular complexity index is 663. The molecule has 2 fully saturated rings. The Kier molecular flexibility index (Phi) is 5.84. The molecule has 1 N–H and O–H groups in total. The molecule has 27 heavy (non-hydrogen) atoms. The highest BCUT2D eigenvalue weighted by atomic mass is 16.7. The average Bonchev–Trinajstić information content (AvgIpc) is 3.38. The van der Waals surface area contributed by atoms with Crippen molar-refractivity contribution in [3.05, 3.63) is 18.2 Å². The second-order valence-electron chi connectivity index (χ2n) is 6.87. The lowest BCUT2D eigenvalue weighted by atomic mass is 10.2. The van der Waals surface area contributed by atoms with Crippen LogP contribution in [0.2, 0.25) is 0 Å². The van der Waals surface area contributed by atoms with E-state index in [-0.39, 0.29) is 6.79 Å². The van der Waals surface area contributed by atoms with Gasteiger partial charge in [-0.05, 0) is 18.6 Å². The van der Waals surface area contributed by atoms with Crippen molar-refractivity contribution in [2.75, 3.05) is 66.4 Å². The highest BCUT2D eigenvalue weighted by Crippen LogP contribution is 2.34. The summed E-state index contributed by atoms with van der Waals surface area (Å²) in [5.74, 6) is 3.23. The van der Waals surface area contributed by atoms with Crippen LogP contribution < -0.4 is 19.5 Å². The predicted molar refractivity (Wildman–Crippen MR) is 102 cm³/mol. The quantitative estimate of drug-likeness (QED) is 0.463. The fourth-order valence-electron chi connectivity index (χ4n) is 3.81. The van der Waals surface area contributed by atoms with Gasteiger partial charge in [0.1, 0.15) is 12.4 Å².